The fourth-order valence-corrected chi connectivity index (χ4v) is 5.25. The largest absolute Gasteiger partial charge is 0.370 e. The van der Waals surface area contributed by atoms with Crippen LogP contribution in [0, 0.1) is 0 Å². The molecule has 2 heterocycles. The topological polar surface area (TPSA) is 128 Å². The Balaban J connectivity index is 1.59. The minimum atomic E-state index is -3.97. The Morgan fingerprint density at radius 1 is 1.09 bits per heavy atom. The molecule has 0 aliphatic carbocycles. The highest BCUT2D eigenvalue weighted by Gasteiger charge is 2.44. The van der Waals surface area contributed by atoms with E-state index in [1.54, 1.807) is 44.2 Å². The van der Waals surface area contributed by atoms with E-state index in [-0.39, 0.29) is 10.6 Å². The van der Waals surface area contributed by atoms with Crippen LogP contribution in [0.1, 0.15) is 26.7 Å². The van der Waals surface area contributed by atoms with Crippen molar-refractivity contribution in [1.29, 1.82) is 0 Å². The van der Waals surface area contributed by atoms with Crippen molar-refractivity contribution in [1.82, 2.24) is 10.2 Å². The molecule has 4 amide bonds. The number of nitrogens with one attached hydrogen (secondary N) is 3. The summed E-state index contributed by atoms with van der Waals surface area (Å²) in [5.41, 5.74) is 0.185. The van der Waals surface area contributed by atoms with Crippen molar-refractivity contribution in [2.75, 3.05) is 34.6 Å². The molecule has 2 aliphatic heterocycles. The molecular weight excluding hydrogens is 494 g/mol. The second kappa shape index (κ2) is 9.38. The van der Waals surface area contributed by atoms with Crippen molar-refractivity contribution in [3.05, 3.63) is 47.5 Å². The number of carbonyl (C=O) groups is 3. The third-order valence-corrected chi connectivity index (χ3v) is 7.47. The van der Waals surface area contributed by atoms with Gasteiger partial charge in [-0.2, -0.15) is 0 Å². The third kappa shape index (κ3) is 5.35. The van der Waals surface area contributed by atoms with Crippen LogP contribution in [0.4, 0.5) is 21.9 Å². The van der Waals surface area contributed by atoms with E-state index in [2.05, 4.69) is 20.3 Å². The van der Waals surface area contributed by atoms with E-state index >= 15 is 0 Å². The van der Waals surface area contributed by atoms with Crippen molar-refractivity contribution in [3.63, 3.8) is 0 Å². The van der Waals surface area contributed by atoms with Crippen molar-refractivity contribution in [2.24, 2.45) is 0 Å². The van der Waals surface area contributed by atoms with Crippen molar-refractivity contribution < 1.29 is 22.8 Å². The van der Waals surface area contributed by atoms with Crippen LogP contribution in [-0.2, 0) is 19.6 Å². The highest BCUT2D eigenvalue weighted by molar-refractivity contribution is 7.92. The molecule has 2 aromatic rings. The first-order valence-electron chi connectivity index (χ1n) is 11.1. The van der Waals surface area contributed by atoms with E-state index in [1.807, 2.05) is 0 Å². The normalized spacial score (nSPS) is 17.5. The van der Waals surface area contributed by atoms with Gasteiger partial charge in [0.2, 0.25) is 5.91 Å². The van der Waals surface area contributed by atoms with Crippen LogP contribution < -0.4 is 20.3 Å². The standard InChI is InChI=1S/C23H26ClN5O5S/c1-23(2)21(31)29(22(32)26-23)14-20(30)25-18-13-17(9-10-19(18)28-11-3-4-12-28)35(33,34)27-16-7-5-15(24)6-8-16/h5-10,13,27H,3-4,11-12,14H2,1-2H3,(H,25,30)(H,26,32). The summed E-state index contributed by atoms with van der Waals surface area (Å²) in [7, 11) is -3.97. The fraction of sp³-hybridized carbons (Fsp3) is 0.348. The van der Waals surface area contributed by atoms with Gasteiger partial charge in [0, 0.05) is 23.8 Å². The van der Waals surface area contributed by atoms with Gasteiger partial charge >= 0.3 is 6.03 Å². The van der Waals surface area contributed by atoms with Gasteiger partial charge in [0.25, 0.3) is 15.9 Å². The molecule has 186 valence electrons. The second-order valence-electron chi connectivity index (χ2n) is 8.98. The first-order chi connectivity index (χ1) is 16.5. The number of hydrogen-bond donors (Lipinski definition) is 3. The van der Waals surface area contributed by atoms with Crippen LogP contribution in [0.25, 0.3) is 0 Å². The Labute approximate surface area is 208 Å². The molecule has 2 aromatic carbocycles. The maximum Gasteiger partial charge on any atom is 0.325 e. The van der Waals surface area contributed by atoms with E-state index in [0.29, 0.717) is 16.4 Å². The summed E-state index contributed by atoms with van der Waals surface area (Å²) in [6.07, 6.45) is 1.95. The molecule has 0 spiro atoms. The lowest BCUT2D eigenvalue weighted by atomic mass is 10.1. The Morgan fingerprint density at radius 2 is 1.74 bits per heavy atom. The Hall–Kier alpha value is -3.31. The summed E-state index contributed by atoms with van der Waals surface area (Å²) in [5.74, 6) is -1.13. The van der Waals surface area contributed by atoms with Crippen LogP contribution in [0.2, 0.25) is 5.02 Å². The quantitative estimate of drug-likeness (QED) is 0.482. The zero-order valence-corrected chi connectivity index (χ0v) is 20.9. The van der Waals surface area contributed by atoms with Crippen LogP contribution >= 0.6 is 11.6 Å². The first-order valence-corrected chi connectivity index (χ1v) is 12.9. The smallest absolute Gasteiger partial charge is 0.325 e. The van der Waals surface area contributed by atoms with E-state index in [4.69, 9.17) is 11.6 Å². The number of anilines is 3. The number of amides is 4. The molecule has 2 aliphatic rings. The van der Waals surface area contributed by atoms with Gasteiger partial charge in [-0.15, -0.1) is 0 Å². The minimum Gasteiger partial charge on any atom is -0.370 e. The number of carbonyl (C=O) groups excluding carboxylic acids is 3. The Bertz CT molecular complexity index is 1270. The fourth-order valence-electron chi connectivity index (χ4n) is 4.04. The van der Waals surface area contributed by atoms with Crippen molar-refractivity contribution >= 4 is 56.5 Å². The lowest BCUT2D eigenvalue weighted by Crippen LogP contribution is -2.41. The summed E-state index contributed by atoms with van der Waals surface area (Å²) >= 11 is 5.87. The summed E-state index contributed by atoms with van der Waals surface area (Å²) in [6, 6.07) is 10.1. The molecule has 0 bridgehead atoms. The molecule has 0 atom stereocenters. The molecule has 12 heteroatoms. The lowest BCUT2D eigenvalue weighted by molar-refractivity contribution is -0.132. The molecule has 0 radical (unpaired) electrons. The maximum absolute atomic E-state index is 13.0. The van der Waals surface area contributed by atoms with Crippen LogP contribution in [0.5, 0.6) is 0 Å². The van der Waals surface area contributed by atoms with Gasteiger partial charge in [0.05, 0.1) is 16.3 Å². The molecule has 0 aromatic heterocycles. The van der Waals surface area contributed by atoms with E-state index in [0.717, 1.165) is 30.8 Å². The molecule has 2 saturated heterocycles. The average Bonchev–Trinajstić information content (AvgIpc) is 3.38. The van der Waals surface area contributed by atoms with Crippen molar-refractivity contribution in [2.45, 2.75) is 37.1 Å². The summed E-state index contributed by atoms with van der Waals surface area (Å²) in [5, 5.41) is 5.70. The number of benzene rings is 2. The number of imide groups is 1. The Morgan fingerprint density at radius 3 is 2.34 bits per heavy atom. The third-order valence-electron chi connectivity index (χ3n) is 5.84. The van der Waals surface area contributed by atoms with Crippen LogP contribution in [0.15, 0.2) is 47.4 Å². The van der Waals surface area contributed by atoms with Gasteiger partial charge < -0.3 is 15.5 Å². The average molecular weight is 520 g/mol. The first kappa shape index (κ1) is 24.8. The summed E-state index contributed by atoms with van der Waals surface area (Å²) in [4.78, 5) is 40.3. The van der Waals surface area contributed by atoms with Crippen LogP contribution in [0.3, 0.4) is 0 Å². The van der Waals surface area contributed by atoms with Gasteiger partial charge in [-0.1, -0.05) is 11.6 Å². The number of urea groups is 1. The number of sulfonamides is 1. The number of rotatable bonds is 7. The number of hydrogen-bond acceptors (Lipinski definition) is 6. The van der Waals surface area contributed by atoms with Crippen molar-refractivity contribution in [3.8, 4) is 0 Å². The monoisotopic (exact) mass is 519 g/mol. The molecule has 10 nitrogen and oxygen atoms in total. The molecular formula is C23H26ClN5O5S. The van der Waals surface area contributed by atoms with E-state index in [1.165, 1.54) is 12.1 Å². The lowest BCUT2D eigenvalue weighted by Gasteiger charge is -2.23. The molecule has 2 fully saturated rings. The van der Waals surface area contributed by atoms with Gasteiger partial charge in [0.1, 0.15) is 12.1 Å². The SMILES string of the molecule is CC1(C)NC(=O)N(CC(=O)Nc2cc(S(=O)(=O)Nc3ccc(Cl)cc3)ccc2N2CCCC2)C1=O. The van der Waals surface area contributed by atoms with Gasteiger partial charge in [0.15, 0.2) is 0 Å². The summed E-state index contributed by atoms with van der Waals surface area (Å²) in [6.45, 7) is 4.14. The zero-order chi connectivity index (χ0) is 25.4. The molecule has 0 unspecified atom stereocenters. The number of nitrogens with zero attached hydrogens (tertiary/aromatic N) is 2. The predicted octanol–water partition coefficient (Wildman–Crippen LogP) is 3.01. The van der Waals surface area contributed by atoms with Crippen LogP contribution in [-0.4, -0.2) is 56.3 Å². The van der Waals surface area contributed by atoms with Gasteiger partial charge in [-0.3, -0.25) is 19.2 Å². The molecule has 3 N–H and O–H groups in total. The molecule has 4 rings (SSSR count). The van der Waals surface area contributed by atoms with Gasteiger partial charge in [-0.05, 0) is 69.2 Å². The molecule has 35 heavy (non-hydrogen) atoms. The predicted molar refractivity (Wildman–Crippen MR) is 133 cm³/mol. The highest BCUT2D eigenvalue weighted by Crippen LogP contribution is 2.32. The zero-order valence-electron chi connectivity index (χ0n) is 19.3. The Kier molecular flexibility index (Phi) is 6.65. The van der Waals surface area contributed by atoms with E-state index < -0.39 is 40.0 Å². The van der Waals surface area contributed by atoms with Gasteiger partial charge in [-0.25, -0.2) is 13.2 Å². The molecule has 0 saturated carbocycles. The highest BCUT2D eigenvalue weighted by atomic mass is 35.5. The minimum absolute atomic E-state index is 0.0539. The second-order valence-corrected chi connectivity index (χ2v) is 11.1. The van der Waals surface area contributed by atoms with E-state index in [9.17, 15) is 22.8 Å². The summed E-state index contributed by atoms with van der Waals surface area (Å²) < 4.78 is 28.5. The number of halogens is 1. The maximum atomic E-state index is 13.0.